The fourth-order valence-corrected chi connectivity index (χ4v) is 3.98. The van der Waals surface area contributed by atoms with Gasteiger partial charge in [-0.15, -0.1) is 0 Å². The first-order valence-electron chi connectivity index (χ1n) is 8.43. The predicted molar refractivity (Wildman–Crippen MR) is 81.8 cm³/mol. The second-order valence-electron chi connectivity index (χ2n) is 6.47. The van der Waals surface area contributed by atoms with Crippen molar-refractivity contribution in [1.29, 1.82) is 0 Å². The smallest absolute Gasteiger partial charge is 0.00179 e. The normalized spacial score (nSPS) is 30.3. The number of hydrogen-bond donors (Lipinski definition) is 1. The maximum atomic E-state index is 3.59. The molecule has 1 aliphatic rings. The van der Waals surface area contributed by atoms with Gasteiger partial charge < -0.3 is 5.32 Å². The van der Waals surface area contributed by atoms with Crippen LogP contribution in [-0.2, 0) is 0 Å². The molecule has 0 aromatic heterocycles. The molecule has 0 aromatic rings. The molecule has 4 atom stereocenters. The molecule has 1 saturated carbocycles. The molecule has 18 heavy (non-hydrogen) atoms. The summed E-state index contributed by atoms with van der Waals surface area (Å²) in [4.78, 5) is 0. The lowest BCUT2D eigenvalue weighted by molar-refractivity contribution is 0.116. The van der Waals surface area contributed by atoms with E-state index in [1.54, 1.807) is 0 Å². The molecule has 4 unspecified atom stereocenters. The molecule has 0 bridgehead atoms. The molecule has 1 N–H and O–H groups in total. The van der Waals surface area contributed by atoms with Gasteiger partial charge in [0.2, 0.25) is 0 Å². The van der Waals surface area contributed by atoms with E-state index in [0.29, 0.717) is 0 Å². The van der Waals surface area contributed by atoms with Crippen molar-refractivity contribution in [3.8, 4) is 0 Å². The van der Waals surface area contributed by atoms with Crippen LogP contribution in [0.3, 0.4) is 0 Å². The van der Waals surface area contributed by atoms with Crippen molar-refractivity contribution in [3.63, 3.8) is 0 Å². The summed E-state index contributed by atoms with van der Waals surface area (Å²) in [6.07, 6.45) is 10.1. The van der Waals surface area contributed by atoms with Gasteiger partial charge >= 0.3 is 0 Å². The summed E-state index contributed by atoms with van der Waals surface area (Å²) in [5.41, 5.74) is 0. The van der Waals surface area contributed by atoms with Crippen molar-refractivity contribution in [2.75, 3.05) is 13.1 Å². The molecule has 1 nitrogen and oxygen atoms in total. The molecule has 1 heteroatoms. The minimum Gasteiger partial charge on any atom is -0.317 e. The van der Waals surface area contributed by atoms with Gasteiger partial charge in [-0.1, -0.05) is 59.8 Å². The first kappa shape index (κ1) is 16.0. The van der Waals surface area contributed by atoms with Gasteiger partial charge in [-0.3, -0.25) is 0 Å². The molecule has 0 aliphatic heterocycles. The Morgan fingerprint density at radius 1 is 1.11 bits per heavy atom. The topological polar surface area (TPSA) is 12.0 Å². The number of hydrogen-bond acceptors (Lipinski definition) is 1. The first-order chi connectivity index (χ1) is 8.72. The van der Waals surface area contributed by atoms with Crippen molar-refractivity contribution < 1.29 is 0 Å². The van der Waals surface area contributed by atoms with Crippen LogP contribution >= 0.6 is 0 Å². The van der Waals surface area contributed by atoms with Gasteiger partial charge in [-0.2, -0.15) is 0 Å². The van der Waals surface area contributed by atoms with Crippen LogP contribution in [0.1, 0.15) is 72.6 Å². The van der Waals surface area contributed by atoms with Crippen LogP contribution in [-0.4, -0.2) is 13.1 Å². The van der Waals surface area contributed by atoms with Crippen molar-refractivity contribution in [1.82, 2.24) is 5.32 Å². The molecule has 0 aromatic carbocycles. The Labute approximate surface area is 115 Å². The fourth-order valence-electron chi connectivity index (χ4n) is 3.98. The van der Waals surface area contributed by atoms with Crippen LogP contribution in [0.25, 0.3) is 0 Å². The van der Waals surface area contributed by atoms with Crippen LogP contribution in [0.5, 0.6) is 0 Å². The van der Waals surface area contributed by atoms with Crippen LogP contribution in [0, 0.1) is 23.7 Å². The van der Waals surface area contributed by atoms with E-state index in [9.17, 15) is 0 Å². The van der Waals surface area contributed by atoms with E-state index in [1.807, 2.05) is 0 Å². The van der Waals surface area contributed by atoms with Gasteiger partial charge in [0.05, 0.1) is 0 Å². The maximum Gasteiger partial charge on any atom is -0.00179 e. The van der Waals surface area contributed by atoms with E-state index < -0.39 is 0 Å². The Kier molecular flexibility index (Phi) is 7.97. The molecule has 1 rings (SSSR count). The molecule has 0 spiro atoms. The third-order valence-electron chi connectivity index (χ3n) is 4.99. The second kappa shape index (κ2) is 8.96. The average Bonchev–Trinajstić information content (AvgIpc) is 2.38. The van der Waals surface area contributed by atoms with Gasteiger partial charge in [-0.25, -0.2) is 0 Å². The van der Waals surface area contributed by atoms with Gasteiger partial charge in [0.15, 0.2) is 0 Å². The first-order valence-corrected chi connectivity index (χ1v) is 8.43. The van der Waals surface area contributed by atoms with E-state index in [0.717, 1.165) is 30.2 Å². The largest absolute Gasteiger partial charge is 0.317 e. The quantitative estimate of drug-likeness (QED) is 0.651. The summed E-state index contributed by atoms with van der Waals surface area (Å²) < 4.78 is 0. The molecule has 0 amide bonds. The van der Waals surface area contributed by atoms with E-state index in [4.69, 9.17) is 0 Å². The summed E-state index contributed by atoms with van der Waals surface area (Å²) in [7, 11) is 0. The standard InChI is InChI=1S/C17H35N/c1-5-8-14(4)17-12-15(9-6-2)10-11-16(17)13-18-7-3/h14-18H,5-13H2,1-4H3. The highest BCUT2D eigenvalue weighted by atomic mass is 14.8. The Hall–Kier alpha value is -0.0400. The molecule has 1 fully saturated rings. The van der Waals surface area contributed by atoms with Gasteiger partial charge in [0, 0.05) is 0 Å². The molecule has 1 aliphatic carbocycles. The van der Waals surface area contributed by atoms with Crippen LogP contribution in [0.2, 0.25) is 0 Å². The maximum absolute atomic E-state index is 3.59. The molecule has 108 valence electrons. The number of nitrogens with one attached hydrogen (secondary N) is 1. The van der Waals surface area contributed by atoms with Gasteiger partial charge in [-0.05, 0) is 49.6 Å². The lowest BCUT2D eigenvalue weighted by atomic mass is 9.67. The van der Waals surface area contributed by atoms with Gasteiger partial charge in [0.1, 0.15) is 0 Å². The lowest BCUT2D eigenvalue weighted by Crippen LogP contribution is -2.36. The Morgan fingerprint density at radius 3 is 2.50 bits per heavy atom. The van der Waals surface area contributed by atoms with E-state index in [1.165, 1.54) is 51.5 Å². The van der Waals surface area contributed by atoms with E-state index >= 15 is 0 Å². The molecular weight excluding hydrogens is 218 g/mol. The highest BCUT2D eigenvalue weighted by Crippen LogP contribution is 2.41. The summed E-state index contributed by atoms with van der Waals surface area (Å²) in [6, 6.07) is 0. The third-order valence-corrected chi connectivity index (χ3v) is 4.99. The minimum absolute atomic E-state index is 0.929. The molecule has 0 heterocycles. The zero-order chi connectivity index (χ0) is 13.4. The average molecular weight is 253 g/mol. The molecular formula is C17H35N. The highest BCUT2D eigenvalue weighted by Gasteiger charge is 2.32. The molecule has 0 saturated heterocycles. The summed E-state index contributed by atoms with van der Waals surface area (Å²) >= 11 is 0. The van der Waals surface area contributed by atoms with E-state index in [-0.39, 0.29) is 0 Å². The zero-order valence-electron chi connectivity index (χ0n) is 13.2. The van der Waals surface area contributed by atoms with Gasteiger partial charge in [0.25, 0.3) is 0 Å². The highest BCUT2D eigenvalue weighted by molar-refractivity contribution is 4.84. The predicted octanol–water partition coefficient (Wildman–Crippen LogP) is 4.86. The number of rotatable bonds is 8. The fraction of sp³-hybridized carbons (Fsp3) is 1.00. The molecule has 0 radical (unpaired) electrons. The van der Waals surface area contributed by atoms with Crippen LogP contribution in [0.15, 0.2) is 0 Å². The van der Waals surface area contributed by atoms with Crippen molar-refractivity contribution in [3.05, 3.63) is 0 Å². The van der Waals surface area contributed by atoms with Crippen molar-refractivity contribution >= 4 is 0 Å². The van der Waals surface area contributed by atoms with E-state index in [2.05, 4.69) is 33.0 Å². The lowest BCUT2D eigenvalue weighted by Gasteiger charge is -2.40. The van der Waals surface area contributed by atoms with Crippen LogP contribution in [0.4, 0.5) is 0 Å². The Balaban J connectivity index is 2.54. The third kappa shape index (κ3) is 4.91. The van der Waals surface area contributed by atoms with Crippen molar-refractivity contribution in [2.24, 2.45) is 23.7 Å². The minimum atomic E-state index is 0.929. The summed E-state index contributed by atoms with van der Waals surface area (Å²) in [5, 5.41) is 3.59. The van der Waals surface area contributed by atoms with Crippen molar-refractivity contribution in [2.45, 2.75) is 72.6 Å². The Morgan fingerprint density at radius 2 is 1.89 bits per heavy atom. The Bertz CT molecular complexity index is 202. The monoisotopic (exact) mass is 253 g/mol. The van der Waals surface area contributed by atoms with Crippen LogP contribution < -0.4 is 5.32 Å². The SMILES string of the molecule is CCCC1CCC(CNCC)C(C(C)CCC)C1. The zero-order valence-corrected chi connectivity index (χ0v) is 13.2. The second-order valence-corrected chi connectivity index (χ2v) is 6.47. The summed E-state index contributed by atoms with van der Waals surface area (Å²) in [6.45, 7) is 11.8. The summed E-state index contributed by atoms with van der Waals surface area (Å²) in [5.74, 6) is 3.88.